The number of esters is 1. The minimum absolute atomic E-state index is 0.127. The number of hydrogen-bond donors (Lipinski definition) is 2. The van der Waals surface area contributed by atoms with Crippen molar-refractivity contribution < 1.29 is 24.5 Å². The highest BCUT2D eigenvalue weighted by Gasteiger charge is 2.39. The van der Waals surface area contributed by atoms with Gasteiger partial charge in [0, 0.05) is 24.7 Å². The first kappa shape index (κ1) is 23.8. The number of aliphatic hydroxyl groups excluding tert-OH is 1. The van der Waals surface area contributed by atoms with Gasteiger partial charge in [0.25, 0.3) is 0 Å². The Morgan fingerprint density at radius 1 is 1.26 bits per heavy atom. The van der Waals surface area contributed by atoms with Gasteiger partial charge in [-0.25, -0.2) is 0 Å². The molecular weight excluding hydrogens is 344 g/mol. The molecule has 27 heavy (non-hydrogen) atoms. The molecule has 4 atom stereocenters. The van der Waals surface area contributed by atoms with Crippen LogP contribution in [-0.4, -0.2) is 40.8 Å². The van der Waals surface area contributed by atoms with Crippen molar-refractivity contribution >= 4 is 11.8 Å². The van der Waals surface area contributed by atoms with Crippen LogP contribution in [0.2, 0.25) is 0 Å². The topological polar surface area (TPSA) is 83.8 Å². The number of Topliss-reactive ketones (excluding diaryl/α,β-unsaturated/α-hetero) is 1. The predicted molar refractivity (Wildman–Crippen MR) is 106 cm³/mol. The fourth-order valence-corrected chi connectivity index (χ4v) is 3.82. The van der Waals surface area contributed by atoms with E-state index in [4.69, 9.17) is 0 Å². The first-order valence-corrected chi connectivity index (χ1v) is 10.5. The van der Waals surface area contributed by atoms with Gasteiger partial charge in [-0.2, -0.15) is 0 Å². The third kappa shape index (κ3) is 9.02. The van der Waals surface area contributed by atoms with E-state index in [2.05, 4.69) is 11.7 Å². The van der Waals surface area contributed by atoms with Crippen molar-refractivity contribution in [3.8, 4) is 0 Å². The number of carbonyl (C=O) groups is 2. The van der Waals surface area contributed by atoms with E-state index in [1.165, 1.54) is 7.11 Å². The molecule has 1 aliphatic rings. The van der Waals surface area contributed by atoms with Crippen LogP contribution in [0.5, 0.6) is 0 Å². The molecule has 0 heterocycles. The molecule has 0 spiro atoms. The molecule has 1 rings (SSSR count). The van der Waals surface area contributed by atoms with E-state index < -0.39 is 11.7 Å². The van der Waals surface area contributed by atoms with Crippen LogP contribution in [0.15, 0.2) is 12.2 Å². The number of hydrogen-bond acceptors (Lipinski definition) is 5. The number of aliphatic hydroxyl groups is 2. The van der Waals surface area contributed by atoms with Gasteiger partial charge in [-0.15, -0.1) is 0 Å². The second-order valence-electron chi connectivity index (χ2n) is 8.18. The lowest BCUT2D eigenvalue weighted by atomic mass is 9.87. The van der Waals surface area contributed by atoms with Crippen LogP contribution in [0, 0.1) is 11.8 Å². The van der Waals surface area contributed by atoms with Crippen molar-refractivity contribution in [3.05, 3.63) is 12.2 Å². The maximum absolute atomic E-state index is 12.2. The summed E-state index contributed by atoms with van der Waals surface area (Å²) in [7, 11) is 1.40. The Kier molecular flexibility index (Phi) is 10.9. The lowest BCUT2D eigenvalue weighted by Gasteiger charge is -2.22. The Hall–Kier alpha value is -1.20. The normalized spacial score (nSPS) is 25.1. The van der Waals surface area contributed by atoms with Crippen molar-refractivity contribution in [3.63, 3.8) is 0 Å². The zero-order chi connectivity index (χ0) is 20.3. The van der Waals surface area contributed by atoms with Gasteiger partial charge in [0.2, 0.25) is 0 Å². The maximum Gasteiger partial charge on any atom is 0.305 e. The average Bonchev–Trinajstić information content (AvgIpc) is 2.89. The second kappa shape index (κ2) is 12.3. The van der Waals surface area contributed by atoms with Gasteiger partial charge in [-0.3, -0.25) is 9.59 Å². The van der Waals surface area contributed by atoms with Gasteiger partial charge >= 0.3 is 5.97 Å². The summed E-state index contributed by atoms with van der Waals surface area (Å²) in [6.07, 6.45) is 11.7. The lowest BCUT2D eigenvalue weighted by Crippen LogP contribution is -2.23. The van der Waals surface area contributed by atoms with Gasteiger partial charge in [0.15, 0.2) is 0 Å². The molecule has 0 aliphatic heterocycles. The standard InChI is InChI=1S/C22H38O5/c1-4-5-14-22(2,26)15-10-12-18-17(19(23)16-20(18)24)11-8-6-7-9-13-21(25)27-3/h10,12,17-18,20,24,26H,4-9,11,13-16H2,1-3H3/t17-,18-,20-,22?/m1/s1. The maximum atomic E-state index is 12.2. The summed E-state index contributed by atoms with van der Waals surface area (Å²) in [5, 5.41) is 20.6. The monoisotopic (exact) mass is 382 g/mol. The van der Waals surface area contributed by atoms with Gasteiger partial charge in [0.05, 0.1) is 18.8 Å². The van der Waals surface area contributed by atoms with Crippen LogP contribution in [-0.2, 0) is 14.3 Å². The summed E-state index contributed by atoms with van der Waals surface area (Å²) in [5.74, 6) is -0.305. The molecule has 5 nitrogen and oxygen atoms in total. The van der Waals surface area contributed by atoms with E-state index in [-0.39, 0.29) is 30.0 Å². The van der Waals surface area contributed by atoms with Gasteiger partial charge in [-0.05, 0) is 32.6 Å². The molecule has 2 N–H and O–H groups in total. The van der Waals surface area contributed by atoms with E-state index in [9.17, 15) is 19.8 Å². The van der Waals surface area contributed by atoms with Crippen molar-refractivity contribution in [1.29, 1.82) is 0 Å². The molecule has 5 heteroatoms. The number of methoxy groups -OCH3 is 1. The molecule has 1 saturated carbocycles. The summed E-state index contributed by atoms with van der Waals surface area (Å²) in [6.45, 7) is 3.95. The first-order valence-electron chi connectivity index (χ1n) is 10.5. The van der Waals surface area contributed by atoms with Crippen LogP contribution in [0.3, 0.4) is 0 Å². The molecule has 0 radical (unpaired) electrons. The highest BCUT2D eigenvalue weighted by Crippen LogP contribution is 2.34. The zero-order valence-electron chi connectivity index (χ0n) is 17.3. The number of rotatable bonds is 13. The van der Waals surface area contributed by atoms with Crippen LogP contribution in [0.1, 0.15) is 84.5 Å². The first-order chi connectivity index (χ1) is 12.8. The Morgan fingerprint density at radius 2 is 1.96 bits per heavy atom. The summed E-state index contributed by atoms with van der Waals surface area (Å²) >= 11 is 0. The molecule has 156 valence electrons. The van der Waals surface area contributed by atoms with Crippen molar-refractivity contribution in [2.24, 2.45) is 11.8 Å². The Bertz CT molecular complexity index is 483. The lowest BCUT2D eigenvalue weighted by molar-refractivity contribution is -0.140. The summed E-state index contributed by atoms with van der Waals surface area (Å²) in [6, 6.07) is 0. The third-order valence-electron chi connectivity index (χ3n) is 5.59. The largest absolute Gasteiger partial charge is 0.469 e. The van der Waals surface area contributed by atoms with Crippen molar-refractivity contribution in [1.82, 2.24) is 0 Å². The Labute approximate surface area is 164 Å². The van der Waals surface area contributed by atoms with Crippen LogP contribution in [0.4, 0.5) is 0 Å². The molecule has 1 aliphatic carbocycles. The number of unbranched alkanes of at least 4 members (excludes halogenated alkanes) is 4. The van der Waals surface area contributed by atoms with E-state index in [0.29, 0.717) is 12.8 Å². The quantitative estimate of drug-likeness (QED) is 0.286. The van der Waals surface area contributed by atoms with Crippen molar-refractivity contribution in [2.45, 2.75) is 96.2 Å². The van der Waals surface area contributed by atoms with E-state index in [1.807, 2.05) is 19.1 Å². The molecule has 0 amide bonds. The minimum atomic E-state index is -0.727. The van der Waals surface area contributed by atoms with Gasteiger partial charge in [-0.1, -0.05) is 51.2 Å². The predicted octanol–water partition coefficient (Wildman–Crippen LogP) is 3.95. The van der Waals surface area contributed by atoms with Gasteiger partial charge in [0.1, 0.15) is 5.78 Å². The van der Waals surface area contributed by atoms with Crippen LogP contribution >= 0.6 is 0 Å². The Morgan fingerprint density at radius 3 is 2.63 bits per heavy atom. The second-order valence-corrected chi connectivity index (χ2v) is 8.18. The number of carbonyl (C=O) groups excluding carboxylic acids is 2. The fourth-order valence-electron chi connectivity index (χ4n) is 3.82. The zero-order valence-corrected chi connectivity index (χ0v) is 17.3. The summed E-state index contributed by atoms with van der Waals surface area (Å²) in [5.41, 5.74) is -0.727. The average molecular weight is 383 g/mol. The smallest absolute Gasteiger partial charge is 0.305 e. The Balaban J connectivity index is 2.42. The molecule has 0 aromatic carbocycles. The highest BCUT2D eigenvalue weighted by atomic mass is 16.5. The van der Waals surface area contributed by atoms with E-state index in [1.54, 1.807) is 0 Å². The van der Waals surface area contributed by atoms with E-state index >= 15 is 0 Å². The molecule has 1 fully saturated rings. The molecule has 1 unspecified atom stereocenters. The van der Waals surface area contributed by atoms with E-state index in [0.717, 1.165) is 51.4 Å². The fraction of sp³-hybridized carbons (Fsp3) is 0.818. The SMILES string of the molecule is CCCCC(C)(O)CC=C[C@H]1[C@H](O)CC(=O)[C@@H]1CCCCCCC(=O)OC. The van der Waals surface area contributed by atoms with Gasteiger partial charge < -0.3 is 14.9 Å². The molecule has 0 bridgehead atoms. The number of ketones is 1. The highest BCUT2D eigenvalue weighted by molar-refractivity contribution is 5.84. The molecular formula is C22H38O5. The number of ether oxygens (including phenoxy) is 1. The van der Waals surface area contributed by atoms with Crippen molar-refractivity contribution in [2.75, 3.05) is 7.11 Å². The molecule has 0 saturated heterocycles. The summed E-state index contributed by atoms with van der Waals surface area (Å²) in [4.78, 5) is 23.3. The van der Waals surface area contributed by atoms with Crippen LogP contribution < -0.4 is 0 Å². The minimum Gasteiger partial charge on any atom is -0.469 e. The van der Waals surface area contributed by atoms with Crippen LogP contribution in [0.25, 0.3) is 0 Å². The summed E-state index contributed by atoms with van der Waals surface area (Å²) < 4.78 is 4.62. The molecule has 0 aromatic heterocycles. The third-order valence-corrected chi connectivity index (χ3v) is 5.59. The molecule has 0 aromatic rings.